The van der Waals surface area contributed by atoms with Gasteiger partial charge in [-0.15, -0.1) is 0 Å². The van der Waals surface area contributed by atoms with Crippen LogP contribution in [0.4, 0.5) is 10.5 Å². The Morgan fingerprint density at radius 1 is 1.10 bits per heavy atom. The number of benzene rings is 1. The number of hydrogen-bond acceptors (Lipinski definition) is 2. The third-order valence-electron chi connectivity index (χ3n) is 4.65. The minimum atomic E-state index is -0.0553. The Bertz CT molecular complexity index is 477. The van der Waals surface area contributed by atoms with Gasteiger partial charge in [0.15, 0.2) is 0 Å². The molecule has 114 valence electrons. The van der Waals surface area contributed by atoms with E-state index in [1.165, 1.54) is 24.8 Å². The number of urea groups is 1. The van der Waals surface area contributed by atoms with Crippen molar-refractivity contribution in [2.75, 3.05) is 18.4 Å². The summed E-state index contributed by atoms with van der Waals surface area (Å²) >= 11 is 0. The SMILES string of the molecule is O=C(Nc1ccccc1C1CCNC1)NC1CCCCC1. The molecule has 1 saturated carbocycles. The van der Waals surface area contributed by atoms with E-state index < -0.39 is 0 Å². The van der Waals surface area contributed by atoms with Crippen molar-refractivity contribution in [1.29, 1.82) is 0 Å². The van der Waals surface area contributed by atoms with Crippen LogP contribution in [0.15, 0.2) is 24.3 Å². The molecule has 0 radical (unpaired) electrons. The molecule has 3 N–H and O–H groups in total. The van der Waals surface area contributed by atoms with Crippen molar-refractivity contribution in [3.63, 3.8) is 0 Å². The van der Waals surface area contributed by atoms with Crippen molar-refractivity contribution in [1.82, 2.24) is 10.6 Å². The Labute approximate surface area is 126 Å². The first-order valence-corrected chi connectivity index (χ1v) is 8.20. The summed E-state index contributed by atoms with van der Waals surface area (Å²) in [5.41, 5.74) is 2.21. The van der Waals surface area contributed by atoms with E-state index in [9.17, 15) is 4.79 Å². The van der Waals surface area contributed by atoms with Crippen molar-refractivity contribution in [2.45, 2.75) is 50.5 Å². The smallest absolute Gasteiger partial charge is 0.319 e. The van der Waals surface area contributed by atoms with Crippen molar-refractivity contribution in [3.8, 4) is 0 Å². The average molecular weight is 287 g/mol. The fourth-order valence-corrected chi connectivity index (χ4v) is 3.48. The van der Waals surface area contributed by atoms with Gasteiger partial charge in [-0.25, -0.2) is 4.79 Å². The first-order chi connectivity index (χ1) is 10.3. The topological polar surface area (TPSA) is 53.2 Å². The summed E-state index contributed by atoms with van der Waals surface area (Å²) in [4.78, 5) is 12.2. The second-order valence-electron chi connectivity index (χ2n) is 6.21. The van der Waals surface area contributed by atoms with E-state index in [1.807, 2.05) is 12.1 Å². The lowest BCUT2D eigenvalue weighted by Gasteiger charge is -2.23. The van der Waals surface area contributed by atoms with Crippen molar-refractivity contribution >= 4 is 11.7 Å². The second kappa shape index (κ2) is 6.94. The van der Waals surface area contributed by atoms with Gasteiger partial charge >= 0.3 is 6.03 Å². The van der Waals surface area contributed by atoms with Crippen molar-refractivity contribution in [2.24, 2.45) is 0 Å². The molecule has 2 amide bonds. The van der Waals surface area contributed by atoms with Crippen molar-refractivity contribution in [3.05, 3.63) is 29.8 Å². The van der Waals surface area contributed by atoms with E-state index in [1.54, 1.807) is 0 Å². The standard InChI is InChI=1S/C17H25N3O/c21-17(19-14-6-2-1-3-7-14)20-16-9-5-4-8-15(16)13-10-11-18-12-13/h4-5,8-9,13-14,18H,1-3,6-7,10-12H2,(H2,19,20,21). The molecule has 1 unspecified atom stereocenters. The van der Waals surface area contributed by atoms with E-state index in [0.717, 1.165) is 38.0 Å². The predicted octanol–water partition coefficient (Wildman–Crippen LogP) is 3.22. The Morgan fingerprint density at radius 2 is 1.90 bits per heavy atom. The predicted molar refractivity (Wildman–Crippen MR) is 85.7 cm³/mol. The van der Waals surface area contributed by atoms with Crippen LogP contribution >= 0.6 is 0 Å². The number of amides is 2. The molecule has 1 aliphatic heterocycles. The van der Waals surface area contributed by atoms with Crippen molar-refractivity contribution < 1.29 is 4.79 Å². The van der Waals surface area contributed by atoms with Gasteiger partial charge in [-0.3, -0.25) is 0 Å². The molecule has 4 heteroatoms. The summed E-state index contributed by atoms with van der Waals surface area (Å²) in [5, 5.41) is 9.57. The normalized spacial score (nSPS) is 23.0. The molecule has 1 aromatic carbocycles. The summed E-state index contributed by atoms with van der Waals surface area (Å²) in [6, 6.07) is 8.47. The molecule has 2 fully saturated rings. The molecule has 1 heterocycles. The number of para-hydroxylation sites is 1. The molecule has 2 aliphatic rings. The number of carbonyl (C=O) groups is 1. The number of rotatable bonds is 3. The molecule has 0 aromatic heterocycles. The Kier molecular flexibility index (Phi) is 4.76. The highest BCUT2D eigenvalue weighted by molar-refractivity contribution is 5.90. The zero-order valence-electron chi connectivity index (χ0n) is 12.5. The van der Waals surface area contributed by atoms with Crippen LogP contribution in [0.2, 0.25) is 0 Å². The van der Waals surface area contributed by atoms with Crippen LogP contribution in [-0.2, 0) is 0 Å². The first kappa shape index (κ1) is 14.4. The van der Waals surface area contributed by atoms with E-state index in [2.05, 4.69) is 28.1 Å². The molecule has 3 rings (SSSR count). The van der Waals surface area contributed by atoms with Crippen LogP contribution in [0, 0.1) is 0 Å². The highest BCUT2D eigenvalue weighted by Gasteiger charge is 2.21. The van der Waals surface area contributed by atoms with Gasteiger partial charge in [-0.2, -0.15) is 0 Å². The van der Waals surface area contributed by atoms with Gasteiger partial charge in [0, 0.05) is 18.3 Å². The zero-order chi connectivity index (χ0) is 14.5. The third-order valence-corrected chi connectivity index (χ3v) is 4.65. The van der Waals surface area contributed by atoms with Crippen LogP contribution in [0.25, 0.3) is 0 Å². The molecular formula is C17H25N3O. The van der Waals surface area contributed by atoms with Gasteiger partial charge in [0.25, 0.3) is 0 Å². The quantitative estimate of drug-likeness (QED) is 0.799. The Morgan fingerprint density at radius 3 is 2.67 bits per heavy atom. The molecule has 1 aliphatic carbocycles. The molecule has 1 aromatic rings. The number of anilines is 1. The van der Waals surface area contributed by atoms with Gasteiger partial charge in [-0.05, 0) is 43.4 Å². The lowest BCUT2D eigenvalue weighted by atomic mass is 9.95. The zero-order valence-corrected chi connectivity index (χ0v) is 12.5. The fourth-order valence-electron chi connectivity index (χ4n) is 3.48. The van der Waals surface area contributed by atoms with Crippen LogP contribution in [-0.4, -0.2) is 25.2 Å². The molecule has 1 saturated heterocycles. The van der Waals surface area contributed by atoms with Crippen LogP contribution in [0.1, 0.15) is 50.0 Å². The molecular weight excluding hydrogens is 262 g/mol. The monoisotopic (exact) mass is 287 g/mol. The van der Waals surface area contributed by atoms with E-state index in [-0.39, 0.29) is 6.03 Å². The van der Waals surface area contributed by atoms with Gasteiger partial charge in [0.2, 0.25) is 0 Å². The Hall–Kier alpha value is -1.55. The third kappa shape index (κ3) is 3.76. The highest BCUT2D eigenvalue weighted by Crippen LogP contribution is 2.29. The van der Waals surface area contributed by atoms with E-state index in [0.29, 0.717) is 12.0 Å². The second-order valence-corrected chi connectivity index (χ2v) is 6.21. The number of hydrogen-bond donors (Lipinski definition) is 3. The number of nitrogens with one attached hydrogen (secondary N) is 3. The number of carbonyl (C=O) groups excluding carboxylic acids is 1. The first-order valence-electron chi connectivity index (χ1n) is 8.20. The average Bonchev–Trinajstić information content (AvgIpc) is 3.03. The summed E-state index contributed by atoms with van der Waals surface area (Å²) in [6.07, 6.45) is 7.13. The van der Waals surface area contributed by atoms with Crippen LogP contribution in [0.5, 0.6) is 0 Å². The molecule has 0 bridgehead atoms. The lowest BCUT2D eigenvalue weighted by molar-refractivity contribution is 0.244. The van der Waals surface area contributed by atoms with Gasteiger partial charge < -0.3 is 16.0 Å². The fraction of sp³-hybridized carbons (Fsp3) is 0.588. The molecule has 4 nitrogen and oxygen atoms in total. The Balaban J connectivity index is 1.62. The molecule has 21 heavy (non-hydrogen) atoms. The van der Waals surface area contributed by atoms with Crippen LogP contribution < -0.4 is 16.0 Å². The van der Waals surface area contributed by atoms with E-state index >= 15 is 0 Å². The maximum Gasteiger partial charge on any atom is 0.319 e. The maximum atomic E-state index is 12.2. The van der Waals surface area contributed by atoms with E-state index in [4.69, 9.17) is 0 Å². The minimum absolute atomic E-state index is 0.0553. The molecule has 1 atom stereocenters. The largest absolute Gasteiger partial charge is 0.335 e. The highest BCUT2D eigenvalue weighted by atomic mass is 16.2. The van der Waals surface area contributed by atoms with Crippen LogP contribution in [0.3, 0.4) is 0 Å². The summed E-state index contributed by atoms with van der Waals surface area (Å²) in [6.45, 7) is 2.07. The summed E-state index contributed by atoms with van der Waals surface area (Å²) < 4.78 is 0. The summed E-state index contributed by atoms with van der Waals surface area (Å²) in [7, 11) is 0. The maximum absolute atomic E-state index is 12.2. The van der Waals surface area contributed by atoms with Gasteiger partial charge in [0.05, 0.1) is 0 Å². The van der Waals surface area contributed by atoms with Gasteiger partial charge in [-0.1, -0.05) is 37.5 Å². The van der Waals surface area contributed by atoms with Gasteiger partial charge in [0.1, 0.15) is 0 Å². The lowest BCUT2D eigenvalue weighted by Crippen LogP contribution is -2.39. The molecule has 0 spiro atoms. The summed E-state index contributed by atoms with van der Waals surface area (Å²) in [5.74, 6) is 0.510. The minimum Gasteiger partial charge on any atom is -0.335 e.